The SMILES string of the molecule is CCC(C)(C(=O)N1CCC(C(F)(F)F)CC1)C(N)=S. The molecule has 1 saturated heterocycles. The van der Waals surface area contributed by atoms with Crippen molar-refractivity contribution in [2.24, 2.45) is 17.1 Å². The molecule has 1 atom stereocenters. The summed E-state index contributed by atoms with van der Waals surface area (Å²) in [6.45, 7) is 3.66. The summed E-state index contributed by atoms with van der Waals surface area (Å²) in [6, 6.07) is 0. The van der Waals surface area contributed by atoms with Crippen molar-refractivity contribution >= 4 is 23.1 Å². The van der Waals surface area contributed by atoms with Crippen LogP contribution in [0, 0.1) is 11.3 Å². The van der Waals surface area contributed by atoms with Gasteiger partial charge in [0.2, 0.25) is 5.91 Å². The molecule has 7 heteroatoms. The van der Waals surface area contributed by atoms with Crippen molar-refractivity contribution in [2.75, 3.05) is 13.1 Å². The van der Waals surface area contributed by atoms with Gasteiger partial charge in [0.15, 0.2) is 0 Å². The summed E-state index contributed by atoms with van der Waals surface area (Å²) in [7, 11) is 0. The number of thiocarbonyl (C=S) groups is 1. The molecule has 3 nitrogen and oxygen atoms in total. The molecular formula is C12H19F3N2OS. The van der Waals surface area contributed by atoms with Crippen LogP contribution in [0.1, 0.15) is 33.1 Å². The molecule has 1 fully saturated rings. The van der Waals surface area contributed by atoms with E-state index < -0.39 is 17.5 Å². The van der Waals surface area contributed by atoms with Crippen molar-refractivity contribution in [3.05, 3.63) is 0 Å². The van der Waals surface area contributed by atoms with Crippen LogP contribution < -0.4 is 5.73 Å². The van der Waals surface area contributed by atoms with E-state index in [0.29, 0.717) is 6.42 Å². The quantitative estimate of drug-likeness (QED) is 0.814. The second-order valence-corrected chi connectivity index (χ2v) is 5.60. The minimum atomic E-state index is -4.17. The molecule has 19 heavy (non-hydrogen) atoms. The Hall–Kier alpha value is -0.850. The van der Waals surface area contributed by atoms with Gasteiger partial charge < -0.3 is 10.6 Å². The fraction of sp³-hybridized carbons (Fsp3) is 0.833. The Balaban J connectivity index is 2.70. The number of hydrogen-bond donors (Lipinski definition) is 1. The maximum absolute atomic E-state index is 12.6. The first-order valence-electron chi connectivity index (χ1n) is 6.29. The summed E-state index contributed by atoms with van der Waals surface area (Å²) >= 11 is 4.91. The molecule has 0 spiro atoms. The molecule has 0 aromatic carbocycles. The Morgan fingerprint density at radius 1 is 1.37 bits per heavy atom. The number of rotatable bonds is 3. The monoisotopic (exact) mass is 296 g/mol. The van der Waals surface area contributed by atoms with Crippen LogP contribution in [-0.4, -0.2) is 35.1 Å². The average Bonchev–Trinajstić information content (AvgIpc) is 2.35. The lowest BCUT2D eigenvalue weighted by atomic mass is 9.84. The van der Waals surface area contributed by atoms with Gasteiger partial charge in [0.25, 0.3) is 0 Å². The molecule has 2 N–H and O–H groups in total. The van der Waals surface area contributed by atoms with Crippen molar-refractivity contribution in [1.29, 1.82) is 0 Å². The Morgan fingerprint density at radius 3 is 2.16 bits per heavy atom. The first-order valence-corrected chi connectivity index (χ1v) is 6.69. The molecule has 110 valence electrons. The van der Waals surface area contributed by atoms with Crippen molar-refractivity contribution in [1.82, 2.24) is 4.90 Å². The van der Waals surface area contributed by atoms with E-state index in [2.05, 4.69) is 0 Å². The van der Waals surface area contributed by atoms with Crippen LogP contribution in [0.3, 0.4) is 0 Å². The molecule has 1 rings (SSSR count). The highest BCUT2D eigenvalue weighted by Crippen LogP contribution is 2.35. The Labute approximate surface area is 116 Å². The lowest BCUT2D eigenvalue weighted by molar-refractivity contribution is -0.187. The minimum Gasteiger partial charge on any atom is -0.392 e. The highest BCUT2D eigenvalue weighted by atomic mass is 32.1. The maximum atomic E-state index is 12.6. The summed E-state index contributed by atoms with van der Waals surface area (Å²) in [6.07, 6.45) is -3.83. The highest BCUT2D eigenvalue weighted by molar-refractivity contribution is 7.80. The zero-order valence-electron chi connectivity index (χ0n) is 11.1. The predicted octanol–water partition coefficient (Wildman–Crippen LogP) is 2.49. The van der Waals surface area contributed by atoms with Crippen molar-refractivity contribution in [2.45, 2.75) is 39.3 Å². The summed E-state index contributed by atoms with van der Waals surface area (Å²) in [4.78, 5) is 13.9. The number of hydrogen-bond acceptors (Lipinski definition) is 2. The molecule has 0 bridgehead atoms. The minimum absolute atomic E-state index is 0.0492. The summed E-state index contributed by atoms with van der Waals surface area (Å²) in [5.74, 6) is -1.57. The van der Waals surface area contributed by atoms with Crippen LogP contribution in [0.2, 0.25) is 0 Å². The zero-order valence-corrected chi connectivity index (χ0v) is 11.9. The average molecular weight is 296 g/mol. The van der Waals surface area contributed by atoms with Gasteiger partial charge in [-0.25, -0.2) is 0 Å². The molecule has 1 aliphatic heterocycles. The van der Waals surface area contributed by atoms with E-state index in [1.165, 1.54) is 4.90 Å². The second-order valence-electron chi connectivity index (χ2n) is 5.16. The molecule has 0 aromatic rings. The van der Waals surface area contributed by atoms with Crippen molar-refractivity contribution < 1.29 is 18.0 Å². The molecule has 1 aliphatic rings. The van der Waals surface area contributed by atoms with E-state index in [1.54, 1.807) is 13.8 Å². The van der Waals surface area contributed by atoms with E-state index >= 15 is 0 Å². The van der Waals surface area contributed by atoms with Crippen molar-refractivity contribution in [3.8, 4) is 0 Å². The highest BCUT2D eigenvalue weighted by Gasteiger charge is 2.44. The topological polar surface area (TPSA) is 46.3 Å². The van der Waals surface area contributed by atoms with Crippen LogP contribution in [0.4, 0.5) is 13.2 Å². The van der Waals surface area contributed by atoms with Gasteiger partial charge in [-0.05, 0) is 26.2 Å². The number of amides is 1. The molecule has 1 amide bonds. The first-order chi connectivity index (χ1) is 8.63. The molecule has 0 aliphatic carbocycles. The lowest BCUT2D eigenvalue weighted by Gasteiger charge is -2.38. The Bertz CT molecular complexity index is 364. The summed E-state index contributed by atoms with van der Waals surface area (Å²) in [5, 5.41) is 0. The van der Waals surface area contributed by atoms with Gasteiger partial charge in [0.1, 0.15) is 0 Å². The van der Waals surface area contributed by atoms with Gasteiger partial charge >= 0.3 is 6.18 Å². The van der Waals surface area contributed by atoms with Crippen LogP contribution in [0.5, 0.6) is 0 Å². The number of nitrogens with two attached hydrogens (primary N) is 1. The normalized spacial score (nSPS) is 21.0. The fourth-order valence-corrected chi connectivity index (χ4v) is 2.42. The van der Waals surface area contributed by atoms with E-state index in [9.17, 15) is 18.0 Å². The van der Waals surface area contributed by atoms with Crippen molar-refractivity contribution in [3.63, 3.8) is 0 Å². The third-order valence-corrected chi connectivity index (χ3v) is 4.42. The van der Waals surface area contributed by atoms with Crippen LogP contribution >= 0.6 is 12.2 Å². The third-order valence-electron chi connectivity index (χ3n) is 3.97. The first kappa shape index (κ1) is 16.2. The smallest absolute Gasteiger partial charge is 0.391 e. The van der Waals surface area contributed by atoms with Gasteiger partial charge in [0.05, 0.1) is 16.3 Å². The summed E-state index contributed by atoms with van der Waals surface area (Å²) in [5.41, 5.74) is 4.63. The number of halogens is 3. The number of likely N-dealkylation sites (tertiary alicyclic amines) is 1. The van der Waals surface area contributed by atoms with E-state index in [1.807, 2.05) is 0 Å². The van der Waals surface area contributed by atoms with Gasteiger partial charge in [-0.15, -0.1) is 0 Å². The van der Waals surface area contributed by atoms with Crippen LogP contribution in [0.15, 0.2) is 0 Å². The largest absolute Gasteiger partial charge is 0.392 e. The summed E-state index contributed by atoms with van der Waals surface area (Å²) < 4.78 is 37.7. The lowest BCUT2D eigenvalue weighted by Crippen LogP contribution is -2.51. The van der Waals surface area contributed by atoms with E-state index in [-0.39, 0.29) is 36.8 Å². The van der Waals surface area contributed by atoms with E-state index in [4.69, 9.17) is 18.0 Å². The van der Waals surface area contributed by atoms with Crippen LogP contribution in [0.25, 0.3) is 0 Å². The predicted molar refractivity (Wildman–Crippen MR) is 70.5 cm³/mol. The number of carbonyl (C=O) groups excluding carboxylic acids is 1. The zero-order chi connectivity index (χ0) is 14.8. The molecule has 0 aromatic heterocycles. The van der Waals surface area contributed by atoms with Gasteiger partial charge in [-0.3, -0.25) is 4.79 Å². The second kappa shape index (κ2) is 5.64. The molecular weight excluding hydrogens is 277 g/mol. The van der Waals surface area contributed by atoms with Gasteiger partial charge in [-0.1, -0.05) is 19.1 Å². The number of alkyl halides is 3. The van der Waals surface area contributed by atoms with Crippen LogP contribution in [-0.2, 0) is 4.79 Å². The standard InChI is InChI=1S/C12H19F3N2OS/c1-3-11(2,9(16)19)10(18)17-6-4-8(5-7-17)12(13,14)15/h8H,3-7H2,1-2H3,(H2,16,19). The fourth-order valence-electron chi connectivity index (χ4n) is 2.19. The number of nitrogens with zero attached hydrogens (tertiary/aromatic N) is 1. The molecule has 1 unspecified atom stereocenters. The Kier molecular flexibility index (Phi) is 4.81. The van der Waals surface area contributed by atoms with Gasteiger partial charge in [-0.2, -0.15) is 13.2 Å². The number of carbonyl (C=O) groups is 1. The molecule has 0 radical (unpaired) electrons. The molecule has 0 saturated carbocycles. The number of piperidine rings is 1. The van der Waals surface area contributed by atoms with E-state index in [0.717, 1.165) is 0 Å². The molecule has 1 heterocycles. The van der Waals surface area contributed by atoms with Gasteiger partial charge in [0, 0.05) is 13.1 Å². The Morgan fingerprint density at radius 2 is 1.84 bits per heavy atom. The third kappa shape index (κ3) is 3.38. The maximum Gasteiger partial charge on any atom is 0.391 e.